The lowest BCUT2D eigenvalue weighted by molar-refractivity contribution is 0.00415. The molecule has 32 heavy (non-hydrogen) atoms. The van der Waals surface area contributed by atoms with Crippen LogP contribution in [-0.2, 0) is 17.8 Å². The predicted octanol–water partition coefficient (Wildman–Crippen LogP) is 5.18. The zero-order chi connectivity index (χ0) is 22.1. The van der Waals surface area contributed by atoms with Gasteiger partial charge in [-0.05, 0) is 49.8 Å². The van der Waals surface area contributed by atoms with Crippen molar-refractivity contribution < 1.29 is 14.3 Å². The Kier molecular flexibility index (Phi) is 5.22. The standard InChI is InChI=1S/C25H26N4O3/c1-26-20-9-10-21-22(12-20)29(17-27-21)14-18-6-5-11-25(13-18)16-28(24(30)32-25)15-19-7-3-4-8-23(19)31-2/h3-4,7-10,12,17-18H,5-6,11,13-16H2,2H3/t18-,25-/m0/s1. The highest BCUT2D eigenvalue weighted by molar-refractivity contribution is 5.79. The van der Waals surface area contributed by atoms with Gasteiger partial charge in [-0.1, -0.05) is 24.3 Å². The quantitative estimate of drug-likeness (QED) is 0.524. The molecule has 3 aromatic rings. The second kappa shape index (κ2) is 8.19. The van der Waals surface area contributed by atoms with Gasteiger partial charge < -0.3 is 14.0 Å². The monoisotopic (exact) mass is 430 g/mol. The fraction of sp³-hybridized carbons (Fsp3) is 0.400. The second-order valence-electron chi connectivity index (χ2n) is 8.86. The fourth-order valence-corrected chi connectivity index (χ4v) is 5.23. The number of para-hydroxylation sites is 1. The van der Waals surface area contributed by atoms with Gasteiger partial charge in [-0.3, -0.25) is 4.90 Å². The van der Waals surface area contributed by atoms with E-state index in [9.17, 15) is 4.79 Å². The topological polar surface area (TPSA) is 61.0 Å². The molecule has 1 amide bonds. The molecule has 1 spiro atoms. The van der Waals surface area contributed by atoms with Crippen LogP contribution in [0, 0.1) is 12.5 Å². The number of nitrogens with zero attached hydrogens (tertiary/aromatic N) is 4. The third kappa shape index (κ3) is 3.77. The van der Waals surface area contributed by atoms with E-state index in [0.29, 0.717) is 24.7 Å². The molecule has 0 radical (unpaired) electrons. The average Bonchev–Trinajstić information content (AvgIpc) is 3.33. The average molecular weight is 431 g/mol. The molecule has 0 N–H and O–H groups in total. The molecular weight excluding hydrogens is 404 g/mol. The van der Waals surface area contributed by atoms with Crippen molar-refractivity contribution in [3.8, 4) is 5.75 Å². The number of aromatic nitrogens is 2. The van der Waals surface area contributed by atoms with Crippen LogP contribution < -0.4 is 4.74 Å². The first kappa shape index (κ1) is 20.4. The van der Waals surface area contributed by atoms with Gasteiger partial charge in [0.1, 0.15) is 11.4 Å². The molecule has 2 heterocycles. The van der Waals surface area contributed by atoms with Crippen LogP contribution in [0.2, 0.25) is 0 Å². The number of rotatable bonds is 5. The third-order valence-corrected chi connectivity index (χ3v) is 6.69. The number of amides is 1. The molecule has 0 unspecified atom stereocenters. The number of benzene rings is 2. The zero-order valence-electron chi connectivity index (χ0n) is 18.2. The summed E-state index contributed by atoms with van der Waals surface area (Å²) < 4.78 is 13.6. The minimum absolute atomic E-state index is 0.244. The first-order valence-electron chi connectivity index (χ1n) is 11.0. The predicted molar refractivity (Wildman–Crippen MR) is 121 cm³/mol. The summed E-state index contributed by atoms with van der Waals surface area (Å²) in [5, 5.41) is 0. The van der Waals surface area contributed by atoms with Crippen molar-refractivity contribution in [2.45, 2.75) is 44.4 Å². The lowest BCUT2D eigenvalue weighted by Crippen LogP contribution is -2.40. The van der Waals surface area contributed by atoms with Crippen LogP contribution >= 0.6 is 0 Å². The zero-order valence-corrected chi connectivity index (χ0v) is 18.2. The minimum Gasteiger partial charge on any atom is -0.496 e. The molecule has 1 saturated heterocycles. The molecule has 1 aromatic heterocycles. The number of fused-ring (bicyclic) bond motifs is 1. The van der Waals surface area contributed by atoms with Crippen LogP contribution in [0.4, 0.5) is 10.5 Å². The van der Waals surface area contributed by atoms with Gasteiger partial charge >= 0.3 is 6.09 Å². The van der Waals surface area contributed by atoms with Gasteiger partial charge in [0, 0.05) is 12.1 Å². The maximum Gasteiger partial charge on any atom is 0.410 e. The van der Waals surface area contributed by atoms with Gasteiger partial charge in [0.05, 0.1) is 44.1 Å². The van der Waals surface area contributed by atoms with Gasteiger partial charge in [0.15, 0.2) is 5.69 Å². The molecule has 2 aromatic carbocycles. The number of hydrogen-bond donors (Lipinski definition) is 0. The van der Waals surface area contributed by atoms with Crippen LogP contribution in [0.1, 0.15) is 31.2 Å². The van der Waals surface area contributed by atoms with E-state index in [1.165, 1.54) is 0 Å². The molecular formula is C25H26N4O3. The molecule has 164 valence electrons. The first-order chi connectivity index (χ1) is 15.6. The number of carbonyl (C=O) groups excluding carboxylic acids is 1. The molecule has 2 atom stereocenters. The van der Waals surface area contributed by atoms with E-state index >= 15 is 0 Å². The first-order valence-corrected chi connectivity index (χ1v) is 11.0. The highest BCUT2D eigenvalue weighted by Gasteiger charge is 2.48. The smallest absolute Gasteiger partial charge is 0.410 e. The Labute approximate surface area is 187 Å². The van der Waals surface area contributed by atoms with E-state index in [4.69, 9.17) is 16.0 Å². The highest BCUT2D eigenvalue weighted by atomic mass is 16.6. The second-order valence-corrected chi connectivity index (χ2v) is 8.86. The Morgan fingerprint density at radius 2 is 2.19 bits per heavy atom. The van der Waals surface area contributed by atoms with Crippen LogP contribution in [-0.4, -0.2) is 39.8 Å². The van der Waals surface area contributed by atoms with E-state index in [-0.39, 0.29) is 6.09 Å². The summed E-state index contributed by atoms with van der Waals surface area (Å²) in [6, 6.07) is 13.4. The van der Waals surface area contributed by atoms with E-state index in [0.717, 1.165) is 54.6 Å². The largest absolute Gasteiger partial charge is 0.496 e. The summed E-state index contributed by atoms with van der Waals surface area (Å²) in [6.07, 6.45) is 5.46. The molecule has 7 nitrogen and oxygen atoms in total. The van der Waals surface area contributed by atoms with Crippen LogP contribution in [0.5, 0.6) is 5.75 Å². The van der Waals surface area contributed by atoms with Crippen LogP contribution in [0.25, 0.3) is 15.9 Å². The molecule has 2 aliphatic rings. The number of hydrogen-bond acceptors (Lipinski definition) is 4. The molecule has 2 fully saturated rings. The molecule has 1 saturated carbocycles. The van der Waals surface area contributed by atoms with Crippen molar-refractivity contribution >= 4 is 22.8 Å². The lowest BCUT2D eigenvalue weighted by atomic mass is 9.78. The SMILES string of the molecule is [C-]#[N+]c1ccc2ncn(C[C@H]3CCC[C@]4(C3)CN(Cc3ccccc3OC)C(=O)O4)c2c1. The summed E-state index contributed by atoms with van der Waals surface area (Å²) >= 11 is 0. The van der Waals surface area contributed by atoms with Gasteiger partial charge in [-0.2, -0.15) is 0 Å². The van der Waals surface area contributed by atoms with E-state index in [2.05, 4.69) is 14.4 Å². The lowest BCUT2D eigenvalue weighted by Gasteiger charge is -2.36. The number of ether oxygens (including phenoxy) is 2. The maximum atomic E-state index is 12.7. The Morgan fingerprint density at radius 1 is 1.31 bits per heavy atom. The Hall–Kier alpha value is -3.53. The maximum absolute atomic E-state index is 12.7. The normalized spacial score (nSPS) is 22.8. The van der Waals surface area contributed by atoms with E-state index in [1.54, 1.807) is 18.1 Å². The van der Waals surface area contributed by atoms with Gasteiger partial charge in [-0.15, -0.1) is 0 Å². The van der Waals surface area contributed by atoms with Gasteiger partial charge in [-0.25, -0.2) is 14.6 Å². The van der Waals surface area contributed by atoms with Gasteiger partial charge in [0.2, 0.25) is 0 Å². The van der Waals surface area contributed by atoms with E-state index < -0.39 is 5.60 Å². The van der Waals surface area contributed by atoms with Crippen molar-refractivity contribution in [1.29, 1.82) is 0 Å². The summed E-state index contributed by atoms with van der Waals surface area (Å²) in [7, 11) is 1.65. The van der Waals surface area contributed by atoms with Gasteiger partial charge in [0.25, 0.3) is 0 Å². The molecule has 1 aliphatic carbocycles. The van der Waals surface area contributed by atoms with Crippen molar-refractivity contribution in [1.82, 2.24) is 14.5 Å². The number of imidazole rings is 1. The van der Waals surface area contributed by atoms with E-state index in [1.807, 2.05) is 42.7 Å². The Balaban J connectivity index is 1.31. The molecule has 5 rings (SSSR count). The minimum atomic E-state index is -0.430. The highest BCUT2D eigenvalue weighted by Crippen LogP contribution is 2.41. The summed E-state index contributed by atoms with van der Waals surface area (Å²) in [4.78, 5) is 22.6. The molecule has 1 aliphatic heterocycles. The molecule has 0 bridgehead atoms. The van der Waals surface area contributed by atoms with Crippen LogP contribution in [0.15, 0.2) is 48.8 Å². The molecule has 7 heteroatoms. The third-order valence-electron chi connectivity index (χ3n) is 6.69. The number of carbonyl (C=O) groups is 1. The Morgan fingerprint density at radius 3 is 3.03 bits per heavy atom. The summed E-state index contributed by atoms with van der Waals surface area (Å²) in [5.74, 6) is 1.17. The summed E-state index contributed by atoms with van der Waals surface area (Å²) in [5.41, 5.74) is 3.06. The summed E-state index contributed by atoms with van der Waals surface area (Å²) in [6.45, 7) is 9.18. The van der Waals surface area contributed by atoms with Crippen LogP contribution in [0.3, 0.4) is 0 Å². The van der Waals surface area contributed by atoms with Crippen molar-refractivity contribution in [3.63, 3.8) is 0 Å². The Bertz CT molecular complexity index is 1200. The van der Waals surface area contributed by atoms with Crippen molar-refractivity contribution in [2.75, 3.05) is 13.7 Å². The van der Waals surface area contributed by atoms with Crippen molar-refractivity contribution in [2.24, 2.45) is 5.92 Å². The van der Waals surface area contributed by atoms with Crippen molar-refractivity contribution in [3.05, 3.63) is 65.8 Å². The fourth-order valence-electron chi connectivity index (χ4n) is 5.23. The number of methoxy groups -OCH3 is 1.